The highest BCUT2D eigenvalue weighted by Crippen LogP contribution is 2.25. The Morgan fingerprint density at radius 3 is 2.74 bits per heavy atom. The molecule has 2 aromatic rings. The van der Waals surface area contributed by atoms with Gasteiger partial charge in [0.15, 0.2) is 5.82 Å². The van der Waals surface area contributed by atoms with Crippen molar-refractivity contribution in [2.75, 3.05) is 11.9 Å². The minimum atomic E-state index is 0.777. The van der Waals surface area contributed by atoms with Crippen molar-refractivity contribution in [2.45, 2.75) is 26.7 Å². The second-order valence-corrected chi connectivity index (χ2v) is 5.18. The zero-order valence-electron chi connectivity index (χ0n) is 11.3. The zero-order chi connectivity index (χ0) is 13.7. The number of hydrogen-bond acceptors (Lipinski definition) is 3. The molecule has 1 N–H and O–H groups in total. The van der Waals surface area contributed by atoms with Crippen molar-refractivity contribution < 1.29 is 0 Å². The molecule has 100 valence electrons. The minimum Gasteiger partial charge on any atom is -0.369 e. The van der Waals surface area contributed by atoms with E-state index in [0.717, 1.165) is 41.1 Å². The van der Waals surface area contributed by atoms with Crippen LogP contribution in [0, 0.1) is 0 Å². The van der Waals surface area contributed by atoms with Crippen LogP contribution in [0.5, 0.6) is 0 Å². The highest BCUT2D eigenvalue weighted by molar-refractivity contribution is 9.10. The van der Waals surface area contributed by atoms with Gasteiger partial charge in [-0.25, -0.2) is 9.97 Å². The van der Waals surface area contributed by atoms with Crippen LogP contribution in [-0.4, -0.2) is 16.5 Å². The molecule has 0 atom stereocenters. The van der Waals surface area contributed by atoms with Gasteiger partial charge in [-0.1, -0.05) is 38.1 Å². The molecule has 0 spiro atoms. The largest absolute Gasteiger partial charge is 0.369 e. The highest BCUT2D eigenvalue weighted by atomic mass is 79.9. The Hall–Kier alpha value is -1.42. The molecule has 0 radical (unpaired) electrons. The smallest absolute Gasteiger partial charge is 0.161 e. The first-order valence-corrected chi connectivity index (χ1v) is 7.40. The molecule has 3 nitrogen and oxygen atoms in total. The van der Waals surface area contributed by atoms with E-state index in [0.29, 0.717) is 0 Å². The Morgan fingerprint density at radius 1 is 1.21 bits per heavy atom. The summed E-state index contributed by atoms with van der Waals surface area (Å²) in [5.74, 6) is 1.64. The molecule has 0 aliphatic rings. The summed E-state index contributed by atoms with van der Waals surface area (Å²) in [4.78, 5) is 9.05. The number of rotatable bonds is 5. The third-order valence-electron chi connectivity index (χ3n) is 2.93. The molecule has 0 saturated heterocycles. The van der Waals surface area contributed by atoms with Gasteiger partial charge in [-0.15, -0.1) is 0 Å². The van der Waals surface area contributed by atoms with Crippen molar-refractivity contribution in [3.8, 4) is 11.4 Å². The van der Waals surface area contributed by atoms with E-state index in [4.69, 9.17) is 0 Å². The summed E-state index contributed by atoms with van der Waals surface area (Å²) in [6.07, 6.45) is 3.86. The molecule has 1 aromatic carbocycles. The van der Waals surface area contributed by atoms with Gasteiger partial charge >= 0.3 is 0 Å². The Morgan fingerprint density at radius 2 is 2.00 bits per heavy atom. The Labute approximate surface area is 122 Å². The summed E-state index contributed by atoms with van der Waals surface area (Å²) in [6.45, 7) is 5.19. The molecule has 4 heteroatoms. The van der Waals surface area contributed by atoms with E-state index in [1.807, 2.05) is 12.3 Å². The summed E-state index contributed by atoms with van der Waals surface area (Å²) in [6, 6.07) is 8.28. The van der Waals surface area contributed by atoms with Crippen molar-refractivity contribution >= 4 is 21.7 Å². The van der Waals surface area contributed by atoms with E-state index >= 15 is 0 Å². The normalized spacial score (nSPS) is 10.5. The summed E-state index contributed by atoms with van der Waals surface area (Å²) >= 11 is 3.48. The average molecular weight is 320 g/mol. The number of nitrogens with zero attached hydrogens (tertiary/aromatic N) is 2. The molecule has 19 heavy (non-hydrogen) atoms. The van der Waals surface area contributed by atoms with Crippen molar-refractivity contribution in [3.05, 3.63) is 40.5 Å². The van der Waals surface area contributed by atoms with Crippen molar-refractivity contribution in [2.24, 2.45) is 0 Å². The third-order valence-corrected chi connectivity index (χ3v) is 3.51. The lowest BCUT2D eigenvalue weighted by atomic mass is 10.0. The first kappa shape index (κ1) is 14.0. The summed E-state index contributed by atoms with van der Waals surface area (Å²) in [5.41, 5.74) is 2.38. The standard InChI is InChI=1S/C15H18BrN3/c1-3-9-17-15-13(16)10-18-14(19-15)12-8-6-5-7-11(12)4-2/h5-8,10H,3-4,9H2,1-2H3,(H,17,18,19). The molecule has 1 aromatic heterocycles. The number of hydrogen-bond donors (Lipinski definition) is 1. The highest BCUT2D eigenvalue weighted by Gasteiger charge is 2.09. The van der Waals surface area contributed by atoms with Crippen LogP contribution < -0.4 is 5.32 Å². The van der Waals surface area contributed by atoms with E-state index in [-0.39, 0.29) is 0 Å². The summed E-state index contributed by atoms with van der Waals surface area (Å²) < 4.78 is 0.902. The Balaban J connectivity index is 2.39. The van der Waals surface area contributed by atoms with E-state index in [9.17, 15) is 0 Å². The van der Waals surface area contributed by atoms with Crippen LogP contribution in [0.15, 0.2) is 34.9 Å². The van der Waals surface area contributed by atoms with E-state index < -0.39 is 0 Å². The molecular formula is C15H18BrN3. The molecule has 0 fully saturated rings. The van der Waals surface area contributed by atoms with Gasteiger partial charge < -0.3 is 5.32 Å². The van der Waals surface area contributed by atoms with E-state index in [1.165, 1.54) is 5.56 Å². The summed E-state index contributed by atoms with van der Waals surface area (Å²) in [5, 5.41) is 3.31. The molecule has 0 saturated carbocycles. The van der Waals surface area contributed by atoms with Crippen LogP contribution in [-0.2, 0) is 6.42 Å². The van der Waals surface area contributed by atoms with Gasteiger partial charge in [0.2, 0.25) is 0 Å². The maximum atomic E-state index is 4.62. The predicted molar refractivity (Wildman–Crippen MR) is 83.3 cm³/mol. The quantitative estimate of drug-likeness (QED) is 0.893. The van der Waals surface area contributed by atoms with Crippen molar-refractivity contribution in [1.29, 1.82) is 0 Å². The number of halogens is 1. The van der Waals surface area contributed by atoms with Gasteiger partial charge in [0.25, 0.3) is 0 Å². The Kier molecular flexibility index (Phi) is 4.91. The lowest BCUT2D eigenvalue weighted by Crippen LogP contribution is -2.04. The number of benzene rings is 1. The van der Waals surface area contributed by atoms with Gasteiger partial charge in [-0.05, 0) is 34.3 Å². The predicted octanol–water partition coefficient (Wildman–Crippen LogP) is 4.29. The number of aromatic nitrogens is 2. The van der Waals surface area contributed by atoms with Crippen LogP contribution >= 0.6 is 15.9 Å². The van der Waals surface area contributed by atoms with Crippen molar-refractivity contribution in [3.63, 3.8) is 0 Å². The molecule has 0 aliphatic heterocycles. The molecular weight excluding hydrogens is 302 g/mol. The minimum absolute atomic E-state index is 0.777. The zero-order valence-corrected chi connectivity index (χ0v) is 12.9. The maximum Gasteiger partial charge on any atom is 0.161 e. The lowest BCUT2D eigenvalue weighted by Gasteiger charge is -2.10. The summed E-state index contributed by atoms with van der Waals surface area (Å²) in [7, 11) is 0. The van der Waals surface area contributed by atoms with Gasteiger partial charge in [0.05, 0.1) is 4.47 Å². The third kappa shape index (κ3) is 3.32. The van der Waals surface area contributed by atoms with Crippen LogP contribution in [0.4, 0.5) is 5.82 Å². The topological polar surface area (TPSA) is 37.8 Å². The van der Waals surface area contributed by atoms with Gasteiger partial charge in [-0.3, -0.25) is 0 Å². The average Bonchev–Trinajstić information content (AvgIpc) is 2.46. The number of aryl methyl sites for hydroxylation is 1. The molecule has 1 heterocycles. The molecule has 0 aliphatic carbocycles. The second kappa shape index (κ2) is 6.66. The van der Waals surface area contributed by atoms with Crippen LogP contribution in [0.2, 0.25) is 0 Å². The van der Waals surface area contributed by atoms with Crippen molar-refractivity contribution in [1.82, 2.24) is 9.97 Å². The SMILES string of the molecule is CCCNc1nc(-c2ccccc2CC)ncc1Br. The fraction of sp³-hybridized carbons (Fsp3) is 0.333. The van der Waals surface area contributed by atoms with Crippen LogP contribution in [0.25, 0.3) is 11.4 Å². The fourth-order valence-electron chi connectivity index (χ4n) is 1.91. The molecule has 2 rings (SSSR count). The first-order valence-electron chi connectivity index (χ1n) is 6.61. The molecule has 0 bridgehead atoms. The lowest BCUT2D eigenvalue weighted by molar-refractivity contribution is 0.962. The second-order valence-electron chi connectivity index (χ2n) is 4.33. The van der Waals surface area contributed by atoms with E-state index in [2.05, 4.69) is 63.3 Å². The van der Waals surface area contributed by atoms with Gasteiger partial charge in [0, 0.05) is 18.3 Å². The van der Waals surface area contributed by atoms with Gasteiger partial charge in [0.1, 0.15) is 5.82 Å². The van der Waals surface area contributed by atoms with E-state index in [1.54, 1.807) is 0 Å². The molecule has 0 unspecified atom stereocenters. The monoisotopic (exact) mass is 319 g/mol. The van der Waals surface area contributed by atoms with Crippen LogP contribution in [0.1, 0.15) is 25.8 Å². The fourth-order valence-corrected chi connectivity index (χ4v) is 2.24. The number of nitrogens with one attached hydrogen (secondary N) is 1. The van der Waals surface area contributed by atoms with Gasteiger partial charge in [-0.2, -0.15) is 0 Å². The first-order chi connectivity index (χ1) is 9.26. The van der Waals surface area contributed by atoms with Crippen LogP contribution in [0.3, 0.4) is 0 Å². The molecule has 0 amide bonds. The number of anilines is 1. The maximum absolute atomic E-state index is 4.62. The Bertz CT molecular complexity index is 555.